The third-order valence-corrected chi connectivity index (χ3v) is 4.80. The molecular formula is C22H14Cl2O4Zn. The van der Waals surface area contributed by atoms with Gasteiger partial charge in [0.25, 0.3) is 0 Å². The van der Waals surface area contributed by atoms with Crippen molar-refractivity contribution in [1.29, 1.82) is 0 Å². The summed E-state index contributed by atoms with van der Waals surface area (Å²) in [6.45, 7) is 0. The molecule has 29 heavy (non-hydrogen) atoms. The maximum Gasteiger partial charge on any atom is 0.336 e. The molecule has 4 aromatic carbocycles. The van der Waals surface area contributed by atoms with E-state index < -0.39 is 11.9 Å². The van der Waals surface area contributed by atoms with Gasteiger partial charge in [0.15, 0.2) is 0 Å². The molecule has 0 aliphatic heterocycles. The first-order valence-electron chi connectivity index (χ1n) is 8.21. The van der Waals surface area contributed by atoms with Crippen LogP contribution in [0.4, 0.5) is 0 Å². The minimum Gasteiger partial charge on any atom is -0.478 e. The van der Waals surface area contributed by atoms with E-state index in [4.69, 9.17) is 33.4 Å². The molecule has 0 aliphatic carbocycles. The summed E-state index contributed by atoms with van der Waals surface area (Å²) in [7, 11) is 0. The van der Waals surface area contributed by atoms with Crippen LogP contribution in [-0.2, 0) is 19.5 Å². The summed E-state index contributed by atoms with van der Waals surface area (Å²) in [5, 5.41) is 21.7. The first-order chi connectivity index (χ1) is 13.4. The first kappa shape index (κ1) is 22.8. The van der Waals surface area contributed by atoms with Gasteiger partial charge in [0.2, 0.25) is 0 Å². The van der Waals surface area contributed by atoms with Gasteiger partial charge in [-0.3, -0.25) is 0 Å². The normalized spacial score (nSPS) is 10.0. The Bertz CT molecular complexity index is 1100. The van der Waals surface area contributed by atoms with E-state index in [0.717, 1.165) is 10.8 Å². The van der Waals surface area contributed by atoms with Crippen molar-refractivity contribution in [1.82, 2.24) is 0 Å². The van der Waals surface area contributed by atoms with Gasteiger partial charge in [0, 0.05) is 40.3 Å². The van der Waals surface area contributed by atoms with E-state index in [1.54, 1.807) is 48.5 Å². The number of halogens is 2. The topological polar surface area (TPSA) is 74.6 Å². The van der Waals surface area contributed by atoms with Crippen molar-refractivity contribution in [2.45, 2.75) is 0 Å². The molecule has 4 nitrogen and oxygen atoms in total. The molecule has 142 valence electrons. The predicted molar refractivity (Wildman–Crippen MR) is 112 cm³/mol. The Labute approximate surface area is 189 Å². The van der Waals surface area contributed by atoms with Gasteiger partial charge in [0.05, 0.1) is 11.1 Å². The Morgan fingerprint density at radius 3 is 1.21 bits per heavy atom. The molecular weight excluding hydrogens is 465 g/mol. The molecule has 0 fully saturated rings. The maximum absolute atomic E-state index is 10.9. The fourth-order valence-electron chi connectivity index (χ4n) is 2.95. The smallest absolute Gasteiger partial charge is 0.336 e. The molecule has 2 N–H and O–H groups in total. The minimum absolute atomic E-state index is 0. The molecule has 0 unspecified atom stereocenters. The summed E-state index contributed by atoms with van der Waals surface area (Å²) in [6.07, 6.45) is 0. The van der Waals surface area contributed by atoms with E-state index in [0.29, 0.717) is 20.8 Å². The number of rotatable bonds is 2. The SMILES string of the molecule is O=C(O)c1cccc2cccc(Cl)c12.O=C(O)c1cccc2cccc(Cl)c12.[Zn]. The number of carbonyl (C=O) groups is 2. The Morgan fingerprint density at radius 1 is 0.586 bits per heavy atom. The number of carboxylic acid groups (broad SMARTS) is 2. The maximum atomic E-state index is 10.9. The molecule has 0 atom stereocenters. The Balaban J connectivity index is 0.000000200. The second-order valence-corrected chi connectivity index (χ2v) is 6.71. The zero-order chi connectivity index (χ0) is 20.3. The quantitative estimate of drug-likeness (QED) is 0.328. The molecule has 4 aromatic rings. The van der Waals surface area contributed by atoms with Gasteiger partial charge in [0.1, 0.15) is 0 Å². The number of carboxylic acids is 2. The zero-order valence-electron chi connectivity index (χ0n) is 15.1. The van der Waals surface area contributed by atoms with E-state index in [2.05, 4.69) is 0 Å². The second kappa shape index (κ2) is 9.84. The van der Waals surface area contributed by atoms with Crippen molar-refractivity contribution in [3.8, 4) is 0 Å². The van der Waals surface area contributed by atoms with Crippen LogP contribution >= 0.6 is 23.2 Å². The molecule has 0 bridgehead atoms. The van der Waals surface area contributed by atoms with Crippen LogP contribution in [-0.4, -0.2) is 22.2 Å². The summed E-state index contributed by atoms with van der Waals surface area (Å²) in [6, 6.07) is 20.9. The van der Waals surface area contributed by atoms with E-state index in [-0.39, 0.29) is 30.6 Å². The average Bonchev–Trinajstić information content (AvgIpc) is 2.68. The first-order valence-corrected chi connectivity index (χ1v) is 8.97. The van der Waals surface area contributed by atoms with Gasteiger partial charge in [-0.05, 0) is 35.0 Å². The van der Waals surface area contributed by atoms with Gasteiger partial charge < -0.3 is 10.2 Å². The van der Waals surface area contributed by atoms with Gasteiger partial charge in [-0.2, -0.15) is 0 Å². The Hall–Kier alpha value is -2.46. The van der Waals surface area contributed by atoms with Crippen molar-refractivity contribution in [3.63, 3.8) is 0 Å². The third kappa shape index (κ3) is 4.94. The Morgan fingerprint density at radius 2 is 0.897 bits per heavy atom. The third-order valence-electron chi connectivity index (χ3n) is 4.17. The van der Waals surface area contributed by atoms with Crippen LogP contribution in [0.3, 0.4) is 0 Å². The van der Waals surface area contributed by atoms with E-state index >= 15 is 0 Å². The number of hydrogen-bond acceptors (Lipinski definition) is 2. The molecule has 0 aliphatic rings. The van der Waals surface area contributed by atoms with Crippen LogP contribution in [0.15, 0.2) is 72.8 Å². The van der Waals surface area contributed by atoms with E-state index in [1.807, 2.05) is 24.3 Å². The molecule has 0 saturated carbocycles. The van der Waals surface area contributed by atoms with E-state index in [9.17, 15) is 9.59 Å². The van der Waals surface area contributed by atoms with E-state index in [1.165, 1.54) is 0 Å². The number of hydrogen-bond donors (Lipinski definition) is 2. The monoisotopic (exact) mass is 476 g/mol. The summed E-state index contributed by atoms with van der Waals surface area (Å²) >= 11 is 11.9. The van der Waals surface area contributed by atoms with Crippen LogP contribution in [0.5, 0.6) is 0 Å². The van der Waals surface area contributed by atoms with Crippen molar-refractivity contribution in [3.05, 3.63) is 94.0 Å². The standard InChI is InChI=1S/2C11H7ClO2.Zn/c2*12-9-6-2-4-7-3-1-5-8(10(7)9)11(13)14;/h2*1-6H,(H,13,14);. The molecule has 0 radical (unpaired) electrons. The average molecular weight is 479 g/mol. The number of fused-ring (bicyclic) bond motifs is 2. The second-order valence-electron chi connectivity index (χ2n) is 5.90. The van der Waals surface area contributed by atoms with Crippen molar-refractivity contribution in [2.75, 3.05) is 0 Å². The Kier molecular flexibility index (Phi) is 7.75. The van der Waals surface area contributed by atoms with Crippen LogP contribution in [0.2, 0.25) is 10.0 Å². The predicted octanol–water partition coefficient (Wildman–Crippen LogP) is 6.38. The van der Waals surface area contributed by atoms with Gasteiger partial charge >= 0.3 is 11.9 Å². The number of aromatic carboxylic acids is 2. The molecule has 0 spiro atoms. The van der Waals surface area contributed by atoms with Crippen LogP contribution in [0, 0.1) is 0 Å². The zero-order valence-corrected chi connectivity index (χ0v) is 19.6. The molecule has 0 aromatic heterocycles. The van der Waals surface area contributed by atoms with Crippen molar-refractivity contribution >= 4 is 56.7 Å². The van der Waals surface area contributed by atoms with Gasteiger partial charge in [-0.15, -0.1) is 0 Å². The fraction of sp³-hybridized carbons (Fsp3) is 0. The van der Waals surface area contributed by atoms with Crippen molar-refractivity contribution in [2.24, 2.45) is 0 Å². The summed E-state index contributed by atoms with van der Waals surface area (Å²) in [5.74, 6) is -1.91. The van der Waals surface area contributed by atoms with Gasteiger partial charge in [-0.1, -0.05) is 71.7 Å². The van der Waals surface area contributed by atoms with Gasteiger partial charge in [-0.25, -0.2) is 9.59 Å². The molecule has 0 heterocycles. The van der Waals surface area contributed by atoms with Crippen LogP contribution in [0.1, 0.15) is 20.7 Å². The fourth-order valence-corrected chi connectivity index (χ4v) is 3.51. The largest absolute Gasteiger partial charge is 0.478 e. The molecule has 0 amide bonds. The summed E-state index contributed by atoms with van der Waals surface area (Å²) < 4.78 is 0. The molecule has 0 saturated heterocycles. The summed E-state index contributed by atoms with van der Waals surface area (Å²) in [5.41, 5.74) is 0.487. The van der Waals surface area contributed by atoms with Crippen LogP contribution in [0.25, 0.3) is 21.5 Å². The molecule has 4 rings (SSSR count). The molecule has 7 heteroatoms. The summed E-state index contributed by atoms with van der Waals surface area (Å²) in [4.78, 5) is 21.8. The van der Waals surface area contributed by atoms with Crippen LogP contribution < -0.4 is 0 Å². The minimum atomic E-state index is -0.955. The number of benzene rings is 4. The van der Waals surface area contributed by atoms with Crippen molar-refractivity contribution < 1.29 is 39.3 Å².